The Morgan fingerprint density at radius 3 is 2.69 bits per heavy atom. The molecule has 0 saturated heterocycles. The molecule has 0 aliphatic rings. The Balaban J connectivity index is 0.00000144. The van der Waals surface area contributed by atoms with Gasteiger partial charge >= 0.3 is 0 Å². The Kier molecular flexibility index (Phi) is 5.37. The normalized spacial score (nSPS) is 11.9. The second-order valence-electron chi connectivity index (χ2n) is 2.96. The Morgan fingerprint density at radius 2 is 2.15 bits per heavy atom. The van der Waals surface area contributed by atoms with Gasteiger partial charge in [0.1, 0.15) is 5.75 Å². The predicted molar refractivity (Wildman–Crippen MR) is 60.4 cm³/mol. The summed E-state index contributed by atoms with van der Waals surface area (Å²) in [6.07, 6.45) is 0.773. The van der Waals surface area contributed by atoms with Crippen LogP contribution in [0.4, 0.5) is 0 Å². The zero-order valence-electron chi connectivity index (χ0n) is 7.33. The zero-order valence-corrected chi connectivity index (χ0v) is 9.73. The van der Waals surface area contributed by atoms with Crippen molar-refractivity contribution in [2.75, 3.05) is 0 Å². The van der Waals surface area contributed by atoms with Crippen LogP contribution in [0.2, 0.25) is 0 Å². The van der Waals surface area contributed by atoms with Crippen LogP contribution in [0.25, 0.3) is 0 Å². The van der Waals surface area contributed by atoms with Crippen LogP contribution in [-0.4, -0.2) is 11.1 Å². The van der Waals surface area contributed by atoms with Gasteiger partial charge in [0.15, 0.2) is 0 Å². The van der Waals surface area contributed by atoms with Gasteiger partial charge in [0, 0.05) is 10.5 Å². The first kappa shape index (κ1) is 12.8. The highest BCUT2D eigenvalue weighted by Gasteiger charge is 2.03. The van der Waals surface area contributed by atoms with Crippen LogP contribution in [-0.2, 0) is 6.42 Å². The number of hydrogen-bond donors (Lipinski definition) is 2. The van der Waals surface area contributed by atoms with Crippen LogP contribution in [0.5, 0.6) is 5.75 Å². The first-order valence-electron chi connectivity index (χ1n) is 3.82. The van der Waals surface area contributed by atoms with Gasteiger partial charge in [0.25, 0.3) is 0 Å². The largest absolute Gasteiger partial charge is 0.508 e. The molecule has 0 radical (unpaired) electrons. The molecule has 0 aliphatic heterocycles. The lowest BCUT2D eigenvalue weighted by atomic mass is 10.1. The molecule has 2 nitrogen and oxygen atoms in total. The summed E-state index contributed by atoms with van der Waals surface area (Å²) in [6, 6.07) is 5.32. The van der Waals surface area contributed by atoms with Crippen molar-refractivity contribution in [2.24, 2.45) is 5.73 Å². The fraction of sp³-hybridized carbons (Fsp3) is 0.333. The molecule has 0 spiro atoms. The van der Waals surface area contributed by atoms with Crippen molar-refractivity contribution in [2.45, 2.75) is 19.4 Å². The van der Waals surface area contributed by atoms with Crippen LogP contribution < -0.4 is 5.73 Å². The van der Waals surface area contributed by atoms with E-state index in [0.29, 0.717) is 0 Å². The lowest BCUT2D eigenvalue weighted by molar-refractivity contribution is 0.474. The van der Waals surface area contributed by atoms with E-state index in [0.717, 1.165) is 16.5 Å². The molecular formula is C9H13BrClNO. The van der Waals surface area contributed by atoms with Crippen molar-refractivity contribution >= 4 is 28.3 Å². The summed E-state index contributed by atoms with van der Waals surface area (Å²) < 4.78 is 0.998. The maximum atomic E-state index is 9.19. The van der Waals surface area contributed by atoms with E-state index in [1.165, 1.54) is 0 Å². The summed E-state index contributed by atoms with van der Waals surface area (Å²) in [7, 11) is 0. The summed E-state index contributed by atoms with van der Waals surface area (Å²) in [5.74, 6) is 0.286. The van der Waals surface area contributed by atoms with Gasteiger partial charge in [0.05, 0.1) is 0 Å². The third-order valence-electron chi connectivity index (χ3n) is 1.57. The van der Waals surface area contributed by atoms with Crippen LogP contribution in [0.3, 0.4) is 0 Å². The van der Waals surface area contributed by atoms with Crippen molar-refractivity contribution in [3.05, 3.63) is 28.2 Å². The van der Waals surface area contributed by atoms with Gasteiger partial charge in [-0.1, -0.05) is 15.9 Å². The van der Waals surface area contributed by atoms with Crippen LogP contribution in [0.1, 0.15) is 12.5 Å². The molecule has 1 atom stereocenters. The van der Waals surface area contributed by atoms with Crippen molar-refractivity contribution in [3.8, 4) is 5.75 Å². The van der Waals surface area contributed by atoms with E-state index in [4.69, 9.17) is 5.73 Å². The molecule has 1 aromatic rings. The lowest BCUT2D eigenvalue weighted by Gasteiger charge is -2.07. The lowest BCUT2D eigenvalue weighted by Crippen LogP contribution is -2.17. The van der Waals surface area contributed by atoms with Gasteiger partial charge in [-0.2, -0.15) is 0 Å². The Bertz CT molecular complexity index is 278. The van der Waals surface area contributed by atoms with E-state index < -0.39 is 0 Å². The number of phenolic OH excluding ortho intramolecular Hbond substituents is 1. The fourth-order valence-corrected chi connectivity index (χ4v) is 1.47. The Hall–Kier alpha value is -0.250. The molecule has 74 valence electrons. The van der Waals surface area contributed by atoms with Gasteiger partial charge in [-0.15, -0.1) is 12.4 Å². The fourth-order valence-electron chi connectivity index (χ4n) is 1.06. The van der Waals surface area contributed by atoms with E-state index in [-0.39, 0.29) is 24.2 Å². The number of nitrogens with two attached hydrogens (primary N) is 1. The van der Waals surface area contributed by atoms with Crippen LogP contribution in [0.15, 0.2) is 22.7 Å². The minimum absolute atomic E-state index is 0. The van der Waals surface area contributed by atoms with Gasteiger partial charge < -0.3 is 10.8 Å². The molecule has 0 heterocycles. The van der Waals surface area contributed by atoms with E-state index in [2.05, 4.69) is 15.9 Å². The molecule has 0 saturated carbocycles. The van der Waals surface area contributed by atoms with E-state index >= 15 is 0 Å². The van der Waals surface area contributed by atoms with Gasteiger partial charge in [-0.05, 0) is 37.1 Å². The van der Waals surface area contributed by atoms with Gasteiger partial charge in [0.2, 0.25) is 0 Å². The number of benzene rings is 1. The number of halogens is 2. The van der Waals surface area contributed by atoms with Crippen molar-refractivity contribution < 1.29 is 5.11 Å². The topological polar surface area (TPSA) is 46.2 Å². The molecule has 0 fully saturated rings. The highest BCUT2D eigenvalue weighted by atomic mass is 79.9. The third-order valence-corrected chi connectivity index (χ3v) is 2.34. The predicted octanol–water partition coefficient (Wildman–Crippen LogP) is 2.47. The molecule has 1 aromatic carbocycles. The maximum absolute atomic E-state index is 9.19. The van der Waals surface area contributed by atoms with E-state index in [1.807, 2.05) is 13.0 Å². The molecule has 0 aliphatic carbocycles. The maximum Gasteiger partial charge on any atom is 0.115 e. The average molecular weight is 267 g/mol. The minimum atomic E-state index is 0. The average Bonchev–Trinajstić information content (AvgIpc) is 1.96. The smallest absolute Gasteiger partial charge is 0.115 e. The summed E-state index contributed by atoms with van der Waals surface area (Å²) in [4.78, 5) is 0. The minimum Gasteiger partial charge on any atom is -0.508 e. The van der Waals surface area contributed by atoms with Crippen LogP contribution >= 0.6 is 28.3 Å². The summed E-state index contributed by atoms with van der Waals surface area (Å²) in [6.45, 7) is 1.94. The summed E-state index contributed by atoms with van der Waals surface area (Å²) in [5.41, 5.74) is 6.69. The molecular weight excluding hydrogens is 253 g/mol. The Morgan fingerprint density at radius 1 is 1.54 bits per heavy atom. The number of rotatable bonds is 2. The molecule has 0 aromatic heterocycles. The zero-order chi connectivity index (χ0) is 9.14. The molecule has 1 rings (SSSR count). The first-order chi connectivity index (χ1) is 5.59. The number of hydrogen-bond acceptors (Lipinski definition) is 2. The molecule has 13 heavy (non-hydrogen) atoms. The van der Waals surface area contributed by atoms with E-state index in [1.54, 1.807) is 12.1 Å². The van der Waals surface area contributed by atoms with Crippen molar-refractivity contribution in [3.63, 3.8) is 0 Å². The quantitative estimate of drug-likeness (QED) is 0.864. The molecule has 4 heteroatoms. The number of aromatic hydroxyl groups is 1. The first-order valence-corrected chi connectivity index (χ1v) is 4.62. The van der Waals surface area contributed by atoms with E-state index in [9.17, 15) is 5.11 Å². The van der Waals surface area contributed by atoms with Crippen molar-refractivity contribution in [1.82, 2.24) is 0 Å². The van der Waals surface area contributed by atoms with Gasteiger partial charge in [-0.25, -0.2) is 0 Å². The second-order valence-corrected chi connectivity index (χ2v) is 3.81. The molecule has 0 amide bonds. The molecule has 0 bridgehead atoms. The standard InChI is InChI=1S/C9H12BrNO.ClH/c1-6(11)4-7-5-8(12)2-3-9(7)10;/h2-3,5-6,12H,4,11H2,1H3;1H. The summed E-state index contributed by atoms with van der Waals surface area (Å²) >= 11 is 3.39. The molecule has 1 unspecified atom stereocenters. The monoisotopic (exact) mass is 265 g/mol. The third kappa shape index (κ3) is 3.98. The second kappa shape index (κ2) is 5.47. The highest BCUT2D eigenvalue weighted by Crippen LogP contribution is 2.22. The van der Waals surface area contributed by atoms with Gasteiger partial charge in [-0.3, -0.25) is 0 Å². The summed E-state index contributed by atoms with van der Waals surface area (Å²) in [5, 5.41) is 9.19. The SMILES string of the molecule is CC(N)Cc1cc(O)ccc1Br.Cl. The Labute approximate surface area is 92.7 Å². The molecule has 3 N–H and O–H groups in total. The van der Waals surface area contributed by atoms with Crippen molar-refractivity contribution in [1.29, 1.82) is 0 Å². The number of phenols is 1. The van der Waals surface area contributed by atoms with Crippen LogP contribution in [0, 0.1) is 0 Å². The highest BCUT2D eigenvalue weighted by molar-refractivity contribution is 9.10.